The first-order valence-electron chi connectivity index (χ1n) is 8.75. The highest BCUT2D eigenvalue weighted by molar-refractivity contribution is 6.30. The number of hydrogen-bond acceptors (Lipinski definition) is 4. The summed E-state index contributed by atoms with van der Waals surface area (Å²) in [6, 6.07) is 16.0. The molecule has 0 radical (unpaired) electrons. The van der Waals surface area contributed by atoms with Gasteiger partial charge in [-0.15, -0.1) is 0 Å². The molecule has 0 saturated carbocycles. The normalized spacial score (nSPS) is 12.3. The first-order chi connectivity index (χ1) is 13.5. The number of ether oxygens (including phenoxy) is 1. The summed E-state index contributed by atoms with van der Waals surface area (Å²) >= 11 is 5.94. The van der Waals surface area contributed by atoms with Gasteiger partial charge in [-0.2, -0.15) is 0 Å². The Hall–Kier alpha value is -3.02. The number of nitrogens with zero attached hydrogens (tertiary/aromatic N) is 1. The van der Waals surface area contributed by atoms with Crippen molar-refractivity contribution in [3.63, 3.8) is 0 Å². The van der Waals surface area contributed by atoms with Crippen molar-refractivity contribution in [2.24, 2.45) is 0 Å². The van der Waals surface area contributed by atoms with Gasteiger partial charge in [-0.25, -0.2) is 0 Å². The number of fused-ring (bicyclic) bond motifs is 1. The van der Waals surface area contributed by atoms with Gasteiger partial charge in [-0.05, 0) is 49.4 Å². The Morgan fingerprint density at radius 2 is 1.86 bits per heavy atom. The molecule has 0 saturated heterocycles. The van der Waals surface area contributed by atoms with Crippen LogP contribution in [0.1, 0.15) is 18.6 Å². The second-order valence-corrected chi connectivity index (χ2v) is 6.93. The van der Waals surface area contributed by atoms with Gasteiger partial charge in [0, 0.05) is 28.4 Å². The predicted octanol–water partition coefficient (Wildman–Crippen LogP) is 4.97. The molecule has 28 heavy (non-hydrogen) atoms. The SMILES string of the molecule is COc1cc(-n2ccc3oc(-c4ccc(Cl)cc4)cc3c2=O)ccc1C(C)O. The van der Waals surface area contributed by atoms with Gasteiger partial charge in [0.1, 0.15) is 17.1 Å². The van der Waals surface area contributed by atoms with Crippen molar-refractivity contribution in [3.8, 4) is 22.8 Å². The number of halogens is 1. The van der Waals surface area contributed by atoms with Crippen molar-refractivity contribution in [2.75, 3.05) is 7.11 Å². The summed E-state index contributed by atoms with van der Waals surface area (Å²) in [4.78, 5) is 13.0. The van der Waals surface area contributed by atoms with Gasteiger partial charge in [-0.3, -0.25) is 9.36 Å². The summed E-state index contributed by atoms with van der Waals surface area (Å²) < 4.78 is 12.7. The maximum absolute atomic E-state index is 13.0. The fourth-order valence-corrected chi connectivity index (χ4v) is 3.32. The molecule has 142 valence electrons. The fraction of sp³-hybridized carbons (Fsp3) is 0.136. The molecule has 1 atom stereocenters. The molecule has 0 fully saturated rings. The summed E-state index contributed by atoms with van der Waals surface area (Å²) in [5, 5.41) is 11.0. The zero-order valence-corrected chi connectivity index (χ0v) is 16.1. The van der Waals surface area contributed by atoms with Gasteiger partial charge in [0.2, 0.25) is 0 Å². The third-order valence-electron chi connectivity index (χ3n) is 4.66. The minimum atomic E-state index is -0.668. The number of aliphatic hydroxyl groups is 1. The number of benzene rings is 2. The molecule has 4 aromatic rings. The second-order valence-electron chi connectivity index (χ2n) is 6.49. The Labute approximate surface area is 166 Å². The van der Waals surface area contributed by atoms with E-state index in [0.717, 1.165) is 5.56 Å². The van der Waals surface area contributed by atoms with Crippen LogP contribution >= 0.6 is 11.6 Å². The van der Waals surface area contributed by atoms with Crippen molar-refractivity contribution in [1.82, 2.24) is 4.57 Å². The molecule has 1 unspecified atom stereocenters. The number of pyridine rings is 1. The lowest BCUT2D eigenvalue weighted by molar-refractivity contribution is 0.194. The molecule has 2 heterocycles. The van der Waals surface area contributed by atoms with E-state index in [1.165, 1.54) is 11.7 Å². The average molecular weight is 396 g/mol. The summed E-state index contributed by atoms with van der Waals surface area (Å²) in [6.45, 7) is 1.67. The Morgan fingerprint density at radius 3 is 2.54 bits per heavy atom. The highest BCUT2D eigenvalue weighted by Gasteiger charge is 2.14. The number of furan rings is 1. The number of hydrogen-bond donors (Lipinski definition) is 1. The van der Waals surface area contributed by atoms with E-state index in [4.69, 9.17) is 20.8 Å². The Bertz CT molecular complexity index is 1210. The zero-order valence-electron chi connectivity index (χ0n) is 15.3. The first kappa shape index (κ1) is 18.3. The van der Waals surface area contributed by atoms with E-state index in [1.54, 1.807) is 55.6 Å². The minimum absolute atomic E-state index is 0.201. The molecule has 0 amide bonds. The summed E-state index contributed by atoms with van der Waals surface area (Å²) in [5.74, 6) is 1.12. The molecule has 0 aliphatic heterocycles. The zero-order chi connectivity index (χ0) is 19.8. The molecular weight excluding hydrogens is 378 g/mol. The van der Waals surface area contributed by atoms with Crippen molar-refractivity contribution < 1.29 is 14.3 Å². The van der Waals surface area contributed by atoms with Crippen LogP contribution in [-0.4, -0.2) is 16.8 Å². The van der Waals surface area contributed by atoms with Crippen LogP contribution in [-0.2, 0) is 0 Å². The summed E-state index contributed by atoms with van der Waals surface area (Å²) in [7, 11) is 1.53. The van der Waals surface area contributed by atoms with Gasteiger partial charge in [-0.1, -0.05) is 17.7 Å². The molecule has 0 bridgehead atoms. The van der Waals surface area contributed by atoms with Crippen molar-refractivity contribution in [2.45, 2.75) is 13.0 Å². The molecule has 4 rings (SSSR count). The van der Waals surface area contributed by atoms with Gasteiger partial charge in [0.25, 0.3) is 5.56 Å². The smallest absolute Gasteiger partial charge is 0.266 e. The van der Waals surface area contributed by atoms with E-state index in [9.17, 15) is 9.90 Å². The maximum atomic E-state index is 13.0. The lowest BCUT2D eigenvalue weighted by Gasteiger charge is -2.13. The fourth-order valence-electron chi connectivity index (χ4n) is 3.19. The van der Waals surface area contributed by atoms with E-state index in [-0.39, 0.29) is 5.56 Å². The monoisotopic (exact) mass is 395 g/mol. The van der Waals surface area contributed by atoms with E-state index in [0.29, 0.717) is 38.8 Å². The molecule has 0 aliphatic carbocycles. The lowest BCUT2D eigenvalue weighted by atomic mass is 10.1. The van der Waals surface area contributed by atoms with Crippen LogP contribution in [0, 0.1) is 0 Å². The van der Waals surface area contributed by atoms with Gasteiger partial charge in [0.05, 0.1) is 24.3 Å². The molecule has 2 aromatic heterocycles. The van der Waals surface area contributed by atoms with E-state index in [1.807, 2.05) is 12.1 Å². The van der Waals surface area contributed by atoms with Gasteiger partial charge < -0.3 is 14.3 Å². The van der Waals surface area contributed by atoms with Crippen LogP contribution < -0.4 is 10.3 Å². The van der Waals surface area contributed by atoms with Crippen LogP contribution in [0.4, 0.5) is 0 Å². The molecule has 5 nitrogen and oxygen atoms in total. The van der Waals surface area contributed by atoms with Crippen LogP contribution in [0.3, 0.4) is 0 Å². The largest absolute Gasteiger partial charge is 0.496 e. The maximum Gasteiger partial charge on any atom is 0.266 e. The van der Waals surface area contributed by atoms with Gasteiger partial charge in [0.15, 0.2) is 0 Å². The number of rotatable bonds is 4. The van der Waals surface area contributed by atoms with Crippen molar-refractivity contribution in [1.29, 1.82) is 0 Å². The number of methoxy groups -OCH3 is 1. The van der Waals surface area contributed by atoms with Gasteiger partial charge >= 0.3 is 0 Å². The molecule has 6 heteroatoms. The Kier molecular flexibility index (Phi) is 4.71. The number of aliphatic hydroxyl groups excluding tert-OH is 1. The van der Waals surface area contributed by atoms with Crippen LogP contribution in [0.5, 0.6) is 5.75 Å². The minimum Gasteiger partial charge on any atom is -0.496 e. The third kappa shape index (κ3) is 3.19. The van der Waals surface area contributed by atoms with Crippen LogP contribution in [0.2, 0.25) is 5.02 Å². The highest BCUT2D eigenvalue weighted by atomic mass is 35.5. The van der Waals surface area contributed by atoms with Crippen molar-refractivity contribution in [3.05, 3.63) is 81.7 Å². The molecule has 2 aromatic carbocycles. The number of aromatic nitrogens is 1. The summed E-state index contributed by atoms with van der Waals surface area (Å²) in [5.41, 5.74) is 2.46. The molecule has 0 spiro atoms. The van der Waals surface area contributed by atoms with E-state index in [2.05, 4.69) is 0 Å². The predicted molar refractivity (Wildman–Crippen MR) is 109 cm³/mol. The molecule has 0 aliphatic rings. The summed E-state index contributed by atoms with van der Waals surface area (Å²) in [6.07, 6.45) is 0.996. The third-order valence-corrected chi connectivity index (χ3v) is 4.91. The topological polar surface area (TPSA) is 64.6 Å². The van der Waals surface area contributed by atoms with Crippen LogP contribution in [0.25, 0.3) is 28.0 Å². The standard InChI is InChI=1S/C22H18ClNO4/c1-13(25)17-8-7-16(11-21(17)27-2)24-10-9-19-18(22(24)26)12-20(28-19)14-3-5-15(23)6-4-14/h3-13,25H,1-2H3. The van der Waals surface area contributed by atoms with Crippen molar-refractivity contribution >= 4 is 22.6 Å². The Morgan fingerprint density at radius 1 is 1.11 bits per heavy atom. The average Bonchev–Trinajstić information content (AvgIpc) is 3.13. The molecule has 1 N–H and O–H groups in total. The molecular formula is C22H18ClNO4. The van der Waals surface area contributed by atoms with Crippen LogP contribution in [0.15, 0.2) is 70.0 Å². The quantitative estimate of drug-likeness (QED) is 0.530. The Balaban J connectivity index is 1.82. The second kappa shape index (κ2) is 7.19. The first-order valence-corrected chi connectivity index (χ1v) is 9.13. The highest BCUT2D eigenvalue weighted by Crippen LogP contribution is 2.29. The van der Waals surface area contributed by atoms with E-state index >= 15 is 0 Å². The lowest BCUT2D eigenvalue weighted by Crippen LogP contribution is -2.17. The van der Waals surface area contributed by atoms with E-state index < -0.39 is 6.10 Å².